The van der Waals surface area contributed by atoms with E-state index in [0.29, 0.717) is 11.7 Å². The van der Waals surface area contributed by atoms with Gasteiger partial charge in [0.25, 0.3) is 0 Å². The van der Waals surface area contributed by atoms with Crippen LogP contribution in [-0.4, -0.2) is 27.7 Å². The van der Waals surface area contributed by atoms with E-state index in [0.717, 1.165) is 25.3 Å². The lowest BCUT2D eigenvalue weighted by atomic mass is 10.1. The second-order valence-corrected chi connectivity index (χ2v) is 4.69. The van der Waals surface area contributed by atoms with Crippen molar-refractivity contribution in [1.82, 2.24) is 15.0 Å². The molecule has 0 aliphatic carbocycles. The van der Waals surface area contributed by atoms with Gasteiger partial charge in [0.1, 0.15) is 0 Å². The molecule has 0 aromatic carbocycles. The Morgan fingerprint density at radius 3 is 2.94 bits per heavy atom. The van der Waals surface area contributed by atoms with Crippen LogP contribution in [0.3, 0.4) is 0 Å². The second-order valence-electron chi connectivity index (χ2n) is 4.69. The normalized spacial score (nSPS) is 21.6. The molecule has 2 rings (SSSR count). The summed E-state index contributed by atoms with van der Waals surface area (Å²) < 4.78 is 7.60. The van der Waals surface area contributed by atoms with Crippen LogP contribution in [0.4, 0.5) is 5.82 Å². The minimum absolute atomic E-state index is 0.271. The zero-order valence-corrected chi connectivity index (χ0v) is 10.0. The molecule has 0 amide bonds. The number of hydrogen-bond donors (Lipinski definition) is 1. The van der Waals surface area contributed by atoms with Gasteiger partial charge in [0.05, 0.1) is 18.3 Å². The van der Waals surface area contributed by atoms with Crippen molar-refractivity contribution in [2.45, 2.75) is 51.7 Å². The molecule has 2 N–H and O–H groups in total. The highest BCUT2D eigenvalue weighted by molar-refractivity contribution is 5.35. The first kappa shape index (κ1) is 11.4. The van der Waals surface area contributed by atoms with Crippen LogP contribution in [0.2, 0.25) is 0 Å². The first-order valence-corrected chi connectivity index (χ1v) is 5.99. The summed E-state index contributed by atoms with van der Waals surface area (Å²) in [5.41, 5.74) is 6.83. The van der Waals surface area contributed by atoms with Crippen LogP contribution in [0, 0.1) is 0 Å². The summed E-state index contributed by atoms with van der Waals surface area (Å²) in [6.45, 7) is 5.85. The van der Waals surface area contributed by atoms with Crippen molar-refractivity contribution in [3.05, 3.63) is 5.69 Å². The van der Waals surface area contributed by atoms with Crippen LogP contribution in [0.5, 0.6) is 0 Å². The molecule has 1 fully saturated rings. The zero-order valence-electron chi connectivity index (χ0n) is 10.0. The van der Waals surface area contributed by atoms with Crippen LogP contribution in [0.15, 0.2) is 0 Å². The van der Waals surface area contributed by atoms with Crippen LogP contribution >= 0.6 is 0 Å². The minimum Gasteiger partial charge on any atom is -0.381 e. The Bertz CT molecular complexity index is 342. The molecule has 2 heterocycles. The number of nitrogen functional groups attached to an aromatic ring is 1. The van der Waals surface area contributed by atoms with Gasteiger partial charge in [0.2, 0.25) is 0 Å². The lowest BCUT2D eigenvalue weighted by molar-refractivity contribution is 0.00314. The summed E-state index contributed by atoms with van der Waals surface area (Å²) in [7, 11) is 0. The van der Waals surface area contributed by atoms with Gasteiger partial charge < -0.3 is 10.5 Å². The van der Waals surface area contributed by atoms with E-state index < -0.39 is 0 Å². The maximum absolute atomic E-state index is 5.81. The van der Waals surface area contributed by atoms with Crippen molar-refractivity contribution in [1.29, 1.82) is 0 Å². The number of aromatic nitrogens is 3. The number of ether oxygens (including phenoxy) is 1. The molecule has 0 bridgehead atoms. The number of nitrogens with zero attached hydrogens (tertiary/aromatic N) is 3. The van der Waals surface area contributed by atoms with E-state index in [-0.39, 0.29) is 6.10 Å². The quantitative estimate of drug-likeness (QED) is 0.846. The molecule has 16 heavy (non-hydrogen) atoms. The van der Waals surface area contributed by atoms with Gasteiger partial charge in [-0.2, -0.15) is 0 Å². The molecular weight excluding hydrogens is 204 g/mol. The lowest BCUT2D eigenvalue weighted by Crippen LogP contribution is -2.26. The SMILES string of the molecule is CC(C)c1c(N)nnn1CC1CCCCO1. The standard InChI is InChI=1S/C11H20N4O/c1-8(2)10-11(12)13-14-15(10)7-9-5-3-4-6-16-9/h8-9H,3-7,12H2,1-2H3. The monoisotopic (exact) mass is 224 g/mol. The highest BCUT2D eigenvalue weighted by atomic mass is 16.5. The van der Waals surface area contributed by atoms with Gasteiger partial charge in [0.15, 0.2) is 5.82 Å². The number of nitrogens with two attached hydrogens (primary N) is 1. The predicted octanol–water partition coefficient (Wildman–Crippen LogP) is 1.55. The van der Waals surface area contributed by atoms with Crippen LogP contribution < -0.4 is 5.73 Å². The van der Waals surface area contributed by atoms with E-state index in [1.807, 2.05) is 4.68 Å². The maximum atomic E-state index is 5.81. The first-order valence-electron chi connectivity index (χ1n) is 5.99. The third kappa shape index (κ3) is 2.35. The molecule has 1 aliphatic heterocycles. The summed E-state index contributed by atoms with van der Waals surface area (Å²) >= 11 is 0. The smallest absolute Gasteiger partial charge is 0.169 e. The highest BCUT2D eigenvalue weighted by Crippen LogP contribution is 2.21. The molecule has 1 aromatic heterocycles. The fourth-order valence-corrected chi connectivity index (χ4v) is 2.21. The van der Waals surface area contributed by atoms with Gasteiger partial charge in [-0.1, -0.05) is 19.1 Å². The third-order valence-electron chi connectivity index (χ3n) is 3.00. The van der Waals surface area contributed by atoms with E-state index in [2.05, 4.69) is 24.2 Å². The fraction of sp³-hybridized carbons (Fsp3) is 0.818. The van der Waals surface area contributed by atoms with E-state index in [1.165, 1.54) is 12.8 Å². The highest BCUT2D eigenvalue weighted by Gasteiger charge is 2.19. The molecular formula is C11H20N4O. The molecule has 1 aromatic rings. The van der Waals surface area contributed by atoms with Gasteiger partial charge in [-0.05, 0) is 25.2 Å². The van der Waals surface area contributed by atoms with E-state index in [4.69, 9.17) is 10.5 Å². The van der Waals surface area contributed by atoms with E-state index in [1.54, 1.807) is 0 Å². The molecule has 5 nitrogen and oxygen atoms in total. The molecule has 1 aliphatic rings. The fourth-order valence-electron chi connectivity index (χ4n) is 2.21. The molecule has 1 atom stereocenters. The number of hydrogen-bond acceptors (Lipinski definition) is 4. The minimum atomic E-state index is 0.271. The number of anilines is 1. The van der Waals surface area contributed by atoms with Gasteiger partial charge >= 0.3 is 0 Å². The average Bonchev–Trinajstić information content (AvgIpc) is 2.61. The Morgan fingerprint density at radius 1 is 1.50 bits per heavy atom. The van der Waals surface area contributed by atoms with Crippen molar-refractivity contribution in [2.24, 2.45) is 0 Å². The Labute approximate surface area is 96.0 Å². The Morgan fingerprint density at radius 2 is 2.31 bits per heavy atom. The van der Waals surface area contributed by atoms with Gasteiger partial charge in [0, 0.05) is 6.61 Å². The summed E-state index contributed by atoms with van der Waals surface area (Å²) in [5.74, 6) is 0.893. The zero-order chi connectivity index (χ0) is 11.5. The van der Waals surface area contributed by atoms with Crippen LogP contribution in [0.1, 0.15) is 44.7 Å². The molecule has 1 unspecified atom stereocenters. The van der Waals surface area contributed by atoms with Crippen molar-refractivity contribution < 1.29 is 4.74 Å². The van der Waals surface area contributed by atoms with E-state index in [9.17, 15) is 0 Å². The molecule has 0 spiro atoms. The average molecular weight is 224 g/mol. The van der Waals surface area contributed by atoms with Crippen LogP contribution in [-0.2, 0) is 11.3 Å². The molecule has 0 saturated carbocycles. The summed E-state index contributed by atoms with van der Waals surface area (Å²) in [6, 6.07) is 0. The van der Waals surface area contributed by atoms with E-state index >= 15 is 0 Å². The van der Waals surface area contributed by atoms with Crippen molar-refractivity contribution in [2.75, 3.05) is 12.3 Å². The lowest BCUT2D eigenvalue weighted by Gasteiger charge is -2.23. The molecule has 0 radical (unpaired) electrons. The molecule has 5 heteroatoms. The molecule has 1 saturated heterocycles. The predicted molar refractivity (Wildman–Crippen MR) is 62.1 cm³/mol. The number of rotatable bonds is 3. The Kier molecular flexibility index (Phi) is 3.43. The van der Waals surface area contributed by atoms with Gasteiger partial charge in [-0.25, -0.2) is 4.68 Å². The van der Waals surface area contributed by atoms with Gasteiger partial charge in [-0.15, -0.1) is 5.10 Å². The Hall–Kier alpha value is -1.10. The molecule has 90 valence electrons. The van der Waals surface area contributed by atoms with Crippen molar-refractivity contribution in [3.63, 3.8) is 0 Å². The maximum Gasteiger partial charge on any atom is 0.169 e. The third-order valence-corrected chi connectivity index (χ3v) is 3.00. The Balaban J connectivity index is 2.08. The second kappa shape index (κ2) is 4.82. The summed E-state index contributed by atoms with van der Waals surface area (Å²) in [5, 5.41) is 8.03. The van der Waals surface area contributed by atoms with Crippen molar-refractivity contribution in [3.8, 4) is 0 Å². The van der Waals surface area contributed by atoms with Gasteiger partial charge in [-0.3, -0.25) is 0 Å². The summed E-state index contributed by atoms with van der Waals surface area (Å²) in [6.07, 6.45) is 3.79. The van der Waals surface area contributed by atoms with Crippen molar-refractivity contribution >= 4 is 5.82 Å². The topological polar surface area (TPSA) is 66.0 Å². The summed E-state index contributed by atoms with van der Waals surface area (Å²) in [4.78, 5) is 0. The van der Waals surface area contributed by atoms with Crippen LogP contribution in [0.25, 0.3) is 0 Å². The first-order chi connectivity index (χ1) is 7.68. The largest absolute Gasteiger partial charge is 0.381 e.